The van der Waals surface area contributed by atoms with E-state index in [9.17, 15) is 4.79 Å². The molecule has 0 unspecified atom stereocenters. The summed E-state index contributed by atoms with van der Waals surface area (Å²) in [5.74, 6) is 2.63. The van der Waals surface area contributed by atoms with Gasteiger partial charge in [-0.1, -0.05) is 41.5 Å². The Morgan fingerprint density at radius 3 is 2.35 bits per heavy atom. The zero-order chi connectivity index (χ0) is 21.6. The third-order valence-electron chi connectivity index (χ3n) is 6.42. The van der Waals surface area contributed by atoms with Crippen molar-refractivity contribution in [2.45, 2.75) is 45.6 Å². The van der Waals surface area contributed by atoms with Crippen LogP contribution in [0.4, 0.5) is 5.82 Å². The summed E-state index contributed by atoms with van der Waals surface area (Å²) < 4.78 is 6.42. The smallest absolute Gasteiger partial charge is 0.170 e. The summed E-state index contributed by atoms with van der Waals surface area (Å²) >= 11 is 0. The van der Waals surface area contributed by atoms with E-state index >= 15 is 0 Å². The number of hydrogen-bond acceptors (Lipinski definition) is 5. The summed E-state index contributed by atoms with van der Waals surface area (Å²) in [7, 11) is 0. The van der Waals surface area contributed by atoms with Crippen LogP contribution in [0.5, 0.6) is 5.75 Å². The molecule has 2 aliphatic rings. The van der Waals surface area contributed by atoms with Crippen LogP contribution in [0.1, 0.15) is 46.6 Å². The number of benzene rings is 2. The Bertz CT molecular complexity index is 1150. The minimum atomic E-state index is -0.405. The predicted octanol–water partition coefficient (Wildman–Crippen LogP) is 5.07. The Morgan fingerprint density at radius 2 is 1.61 bits per heavy atom. The molecule has 2 aromatic carbocycles. The van der Waals surface area contributed by atoms with Gasteiger partial charge in [0.1, 0.15) is 23.0 Å². The van der Waals surface area contributed by atoms with Crippen LogP contribution in [0.25, 0.3) is 11.3 Å². The lowest BCUT2D eigenvalue weighted by atomic mass is 9.82. The largest absolute Gasteiger partial charge is 0.486 e. The highest BCUT2D eigenvalue weighted by atomic mass is 16.5. The van der Waals surface area contributed by atoms with Crippen LogP contribution in [-0.4, -0.2) is 34.4 Å². The van der Waals surface area contributed by atoms with Gasteiger partial charge in [-0.2, -0.15) is 0 Å². The monoisotopic (exact) mass is 413 g/mol. The molecule has 0 bridgehead atoms. The number of aromatic nitrogens is 2. The summed E-state index contributed by atoms with van der Waals surface area (Å²) in [6.07, 6.45) is 2.05. The number of Topliss-reactive ketones (excluding diaryl/α,β-unsaturated/α-hetero) is 1. The maximum Gasteiger partial charge on any atom is 0.170 e. The first-order chi connectivity index (χ1) is 14.9. The molecule has 158 valence electrons. The van der Waals surface area contributed by atoms with Crippen molar-refractivity contribution in [1.29, 1.82) is 0 Å². The number of piperidine rings is 1. The van der Waals surface area contributed by atoms with Gasteiger partial charge in [-0.05, 0) is 32.9 Å². The Balaban J connectivity index is 1.36. The van der Waals surface area contributed by atoms with Crippen molar-refractivity contribution in [3.63, 3.8) is 0 Å². The lowest BCUT2D eigenvalue weighted by Crippen LogP contribution is -2.51. The van der Waals surface area contributed by atoms with Crippen molar-refractivity contribution in [2.75, 3.05) is 18.0 Å². The van der Waals surface area contributed by atoms with E-state index < -0.39 is 5.60 Å². The van der Waals surface area contributed by atoms with Crippen LogP contribution < -0.4 is 9.64 Å². The summed E-state index contributed by atoms with van der Waals surface area (Å²) in [4.78, 5) is 24.5. The first kappa shape index (κ1) is 19.7. The Hall–Kier alpha value is -3.21. The van der Waals surface area contributed by atoms with Crippen molar-refractivity contribution in [1.82, 2.24) is 9.97 Å². The number of carbonyl (C=O) groups is 1. The van der Waals surface area contributed by atoms with Crippen molar-refractivity contribution < 1.29 is 9.53 Å². The molecule has 0 N–H and O–H groups in total. The number of aryl methyl sites for hydroxylation is 3. The third kappa shape index (κ3) is 3.80. The summed E-state index contributed by atoms with van der Waals surface area (Å²) in [6, 6.07) is 16.4. The molecule has 0 radical (unpaired) electrons. The average molecular weight is 414 g/mol. The van der Waals surface area contributed by atoms with Crippen molar-refractivity contribution >= 4 is 11.6 Å². The quantitative estimate of drug-likeness (QED) is 0.587. The standard InChI is InChI=1S/C26H27N3O2/c1-17-4-7-20(8-5-17)22-15-25(28-19(3)27-22)29-12-10-26(11-13-29)16-23(30)21-14-18(2)6-9-24(21)31-26/h4-9,14-15H,10-13,16H2,1-3H3. The molecule has 5 rings (SSSR count). The van der Waals surface area contributed by atoms with Crippen LogP contribution in [0.15, 0.2) is 48.5 Å². The van der Waals surface area contributed by atoms with E-state index in [1.807, 2.05) is 32.0 Å². The fraction of sp³-hybridized carbons (Fsp3) is 0.346. The van der Waals surface area contributed by atoms with Gasteiger partial charge in [0.05, 0.1) is 17.7 Å². The minimum absolute atomic E-state index is 0.193. The minimum Gasteiger partial charge on any atom is -0.486 e. The van der Waals surface area contributed by atoms with Gasteiger partial charge < -0.3 is 9.64 Å². The Kier molecular flexibility index (Phi) is 4.77. The number of rotatable bonds is 2. The van der Waals surface area contributed by atoms with E-state index in [0.717, 1.165) is 65.7 Å². The van der Waals surface area contributed by atoms with Crippen LogP contribution in [0, 0.1) is 20.8 Å². The van der Waals surface area contributed by atoms with Gasteiger partial charge in [0.15, 0.2) is 5.78 Å². The second-order valence-electron chi connectivity index (χ2n) is 8.90. The Labute approximate surface area is 183 Å². The molecular formula is C26H27N3O2. The molecule has 1 spiro atoms. The average Bonchev–Trinajstić information content (AvgIpc) is 2.75. The van der Waals surface area contributed by atoms with Gasteiger partial charge in [-0.3, -0.25) is 4.79 Å². The van der Waals surface area contributed by atoms with Crippen LogP contribution in [0.3, 0.4) is 0 Å². The normalized spacial score (nSPS) is 17.4. The van der Waals surface area contributed by atoms with E-state index in [1.165, 1.54) is 5.56 Å². The molecule has 1 aromatic heterocycles. The first-order valence-electron chi connectivity index (χ1n) is 10.9. The lowest BCUT2D eigenvalue weighted by Gasteiger charge is -2.44. The van der Waals surface area contributed by atoms with Gasteiger partial charge in [-0.15, -0.1) is 0 Å². The van der Waals surface area contributed by atoms with Gasteiger partial charge in [0.2, 0.25) is 0 Å². The molecule has 0 atom stereocenters. The highest BCUT2D eigenvalue weighted by Gasteiger charge is 2.43. The number of nitrogens with zero attached hydrogens (tertiary/aromatic N) is 3. The maximum absolute atomic E-state index is 12.8. The molecule has 5 nitrogen and oxygen atoms in total. The van der Waals surface area contributed by atoms with Crippen molar-refractivity contribution in [3.05, 3.63) is 71.0 Å². The van der Waals surface area contributed by atoms with E-state index in [2.05, 4.69) is 47.1 Å². The molecule has 0 aliphatic carbocycles. The Morgan fingerprint density at radius 1 is 0.903 bits per heavy atom. The van der Waals surface area contributed by atoms with Gasteiger partial charge in [0, 0.05) is 37.6 Å². The van der Waals surface area contributed by atoms with Crippen LogP contribution in [-0.2, 0) is 0 Å². The fourth-order valence-electron chi connectivity index (χ4n) is 4.62. The predicted molar refractivity (Wildman–Crippen MR) is 122 cm³/mol. The zero-order valence-corrected chi connectivity index (χ0v) is 18.3. The number of ketones is 1. The van der Waals surface area contributed by atoms with Gasteiger partial charge in [-0.25, -0.2) is 9.97 Å². The molecule has 3 heterocycles. The molecule has 1 fully saturated rings. The number of anilines is 1. The zero-order valence-electron chi connectivity index (χ0n) is 18.3. The first-order valence-corrected chi connectivity index (χ1v) is 10.9. The summed E-state index contributed by atoms with van der Waals surface area (Å²) in [6.45, 7) is 7.64. The maximum atomic E-state index is 12.8. The van der Waals surface area contributed by atoms with E-state index in [1.54, 1.807) is 0 Å². The summed E-state index contributed by atoms with van der Waals surface area (Å²) in [5.41, 5.74) is 4.68. The lowest BCUT2D eigenvalue weighted by molar-refractivity contribution is 0.0231. The van der Waals surface area contributed by atoms with E-state index in [4.69, 9.17) is 9.72 Å². The van der Waals surface area contributed by atoms with Gasteiger partial charge >= 0.3 is 0 Å². The number of ether oxygens (including phenoxy) is 1. The molecule has 5 heteroatoms. The molecule has 31 heavy (non-hydrogen) atoms. The summed E-state index contributed by atoms with van der Waals surface area (Å²) in [5, 5.41) is 0. The second-order valence-corrected chi connectivity index (χ2v) is 8.90. The van der Waals surface area contributed by atoms with E-state index in [-0.39, 0.29) is 5.78 Å². The third-order valence-corrected chi connectivity index (χ3v) is 6.42. The number of hydrogen-bond donors (Lipinski definition) is 0. The van der Waals surface area contributed by atoms with Crippen LogP contribution in [0.2, 0.25) is 0 Å². The topological polar surface area (TPSA) is 55.3 Å². The van der Waals surface area contributed by atoms with Crippen molar-refractivity contribution in [2.24, 2.45) is 0 Å². The molecule has 0 amide bonds. The molecule has 0 saturated carbocycles. The SMILES string of the molecule is Cc1ccc(-c2cc(N3CCC4(CC3)CC(=O)c3cc(C)ccc3O4)nc(C)n2)cc1. The van der Waals surface area contributed by atoms with Crippen LogP contribution >= 0.6 is 0 Å². The molecule has 2 aliphatic heterocycles. The fourth-order valence-corrected chi connectivity index (χ4v) is 4.62. The highest BCUT2D eigenvalue weighted by molar-refractivity contribution is 6.00. The number of fused-ring (bicyclic) bond motifs is 1. The highest BCUT2D eigenvalue weighted by Crippen LogP contribution is 2.40. The second kappa shape index (κ2) is 7.49. The van der Waals surface area contributed by atoms with Crippen molar-refractivity contribution in [3.8, 4) is 17.0 Å². The van der Waals surface area contributed by atoms with E-state index in [0.29, 0.717) is 6.42 Å². The molecular weight excluding hydrogens is 386 g/mol. The van der Waals surface area contributed by atoms with Gasteiger partial charge in [0.25, 0.3) is 0 Å². The molecule has 1 saturated heterocycles. The number of carbonyl (C=O) groups excluding carboxylic acids is 1. The molecule has 3 aromatic rings.